The summed E-state index contributed by atoms with van der Waals surface area (Å²) in [6, 6.07) is -0.348. The molecule has 1 amide bonds. The number of likely N-dealkylation sites (tertiary alicyclic amines) is 1. The molecule has 2 atom stereocenters. The number of amides is 1. The van der Waals surface area contributed by atoms with Gasteiger partial charge in [0.15, 0.2) is 0 Å². The summed E-state index contributed by atoms with van der Waals surface area (Å²) in [6.45, 7) is 5.41. The number of hydrogen-bond donors (Lipinski definition) is 1. The van der Waals surface area contributed by atoms with Crippen LogP contribution in [0.1, 0.15) is 33.6 Å². The molecule has 8 heteroatoms. The summed E-state index contributed by atoms with van der Waals surface area (Å²) in [5, 5.41) is 2.76. The Morgan fingerprint density at radius 2 is 1.95 bits per heavy atom. The van der Waals surface area contributed by atoms with Gasteiger partial charge in [0.05, 0.1) is 6.42 Å². The third-order valence-electron chi connectivity index (χ3n) is 3.17. The molecule has 1 N–H and O–H groups in total. The highest BCUT2D eigenvalue weighted by molar-refractivity contribution is 5.69. The Labute approximate surface area is 128 Å². The molecule has 0 unspecified atom stereocenters. The zero-order valence-electron chi connectivity index (χ0n) is 13.1. The number of aldehydes is 1. The predicted octanol–water partition coefficient (Wildman–Crippen LogP) is 2.35. The fourth-order valence-corrected chi connectivity index (χ4v) is 2.28. The van der Waals surface area contributed by atoms with E-state index in [9.17, 15) is 22.8 Å². The molecular formula is C14H23F3N2O3. The third-order valence-corrected chi connectivity index (χ3v) is 3.17. The number of rotatable bonds is 4. The van der Waals surface area contributed by atoms with Gasteiger partial charge >= 0.3 is 12.3 Å². The molecule has 1 rings (SSSR count). The molecule has 0 bridgehead atoms. The molecule has 0 aromatic rings. The molecule has 0 saturated carbocycles. The van der Waals surface area contributed by atoms with Gasteiger partial charge in [-0.2, -0.15) is 13.2 Å². The minimum Gasteiger partial charge on any atom is -0.444 e. The minimum atomic E-state index is -4.23. The molecular weight excluding hydrogens is 301 g/mol. The van der Waals surface area contributed by atoms with E-state index in [0.717, 1.165) is 6.29 Å². The van der Waals surface area contributed by atoms with Gasteiger partial charge in [-0.15, -0.1) is 0 Å². The second-order valence-corrected chi connectivity index (χ2v) is 6.53. The van der Waals surface area contributed by atoms with Gasteiger partial charge in [-0.3, -0.25) is 0 Å². The first kappa shape index (κ1) is 18.7. The van der Waals surface area contributed by atoms with Gasteiger partial charge in [0.2, 0.25) is 0 Å². The van der Waals surface area contributed by atoms with Crippen LogP contribution in [0.25, 0.3) is 0 Å². The number of nitrogens with one attached hydrogen (secondary N) is 1. The topological polar surface area (TPSA) is 58.6 Å². The maximum atomic E-state index is 12.2. The predicted molar refractivity (Wildman–Crippen MR) is 74.4 cm³/mol. The lowest BCUT2D eigenvalue weighted by molar-refractivity contribution is -0.134. The third kappa shape index (κ3) is 7.11. The summed E-state index contributed by atoms with van der Waals surface area (Å²) in [6.07, 6.45) is -4.57. The van der Waals surface area contributed by atoms with Crippen LogP contribution in [0.3, 0.4) is 0 Å². The standard InChI is InChI=1S/C14H23F3N2O3/c1-13(2,3)22-12(21)19-7-10(9-20)6-11(8-19)18-5-4-14(15,16)17/h9-11,18H,4-8H2,1-3H3/t10-,11+/m1/s1. The molecule has 0 aliphatic carbocycles. The van der Waals surface area contributed by atoms with E-state index in [1.807, 2.05) is 0 Å². The molecule has 1 heterocycles. The number of hydrogen-bond acceptors (Lipinski definition) is 4. The zero-order valence-corrected chi connectivity index (χ0v) is 13.1. The summed E-state index contributed by atoms with van der Waals surface area (Å²) >= 11 is 0. The fourth-order valence-electron chi connectivity index (χ4n) is 2.28. The minimum absolute atomic E-state index is 0.232. The molecule has 0 aromatic heterocycles. The normalized spacial score (nSPS) is 23.3. The molecule has 0 spiro atoms. The summed E-state index contributed by atoms with van der Waals surface area (Å²) in [4.78, 5) is 24.4. The molecule has 1 aliphatic rings. The Morgan fingerprint density at radius 1 is 1.32 bits per heavy atom. The van der Waals surface area contributed by atoms with Crippen LogP contribution in [0.2, 0.25) is 0 Å². The van der Waals surface area contributed by atoms with Crippen molar-refractivity contribution in [2.24, 2.45) is 5.92 Å². The van der Waals surface area contributed by atoms with E-state index in [2.05, 4.69) is 5.32 Å². The molecule has 22 heavy (non-hydrogen) atoms. The Balaban J connectivity index is 2.57. The maximum Gasteiger partial charge on any atom is 0.410 e. The second kappa shape index (κ2) is 7.30. The molecule has 1 saturated heterocycles. The highest BCUT2D eigenvalue weighted by Crippen LogP contribution is 2.21. The highest BCUT2D eigenvalue weighted by atomic mass is 19.4. The van der Waals surface area contributed by atoms with Crippen LogP contribution in [0, 0.1) is 5.92 Å². The number of ether oxygens (including phenoxy) is 1. The quantitative estimate of drug-likeness (QED) is 0.807. The van der Waals surface area contributed by atoms with Crippen LogP contribution in [-0.4, -0.2) is 54.7 Å². The molecule has 5 nitrogen and oxygen atoms in total. The average molecular weight is 324 g/mol. The lowest BCUT2D eigenvalue weighted by atomic mass is 9.95. The van der Waals surface area contributed by atoms with Crippen molar-refractivity contribution < 1.29 is 27.5 Å². The van der Waals surface area contributed by atoms with E-state index in [1.54, 1.807) is 20.8 Å². The van der Waals surface area contributed by atoms with Crippen LogP contribution in [-0.2, 0) is 9.53 Å². The first-order valence-electron chi connectivity index (χ1n) is 7.23. The number of piperidine rings is 1. The first-order chi connectivity index (χ1) is 10.00. The molecule has 1 fully saturated rings. The average Bonchev–Trinajstić information content (AvgIpc) is 2.34. The largest absolute Gasteiger partial charge is 0.444 e. The first-order valence-corrected chi connectivity index (χ1v) is 7.23. The maximum absolute atomic E-state index is 12.2. The van der Waals surface area contributed by atoms with Gasteiger partial charge in [-0.25, -0.2) is 4.79 Å². The van der Waals surface area contributed by atoms with Gasteiger partial charge in [-0.1, -0.05) is 0 Å². The summed E-state index contributed by atoms with van der Waals surface area (Å²) < 4.78 is 41.7. The number of nitrogens with zero attached hydrogens (tertiary/aromatic N) is 1. The lowest BCUT2D eigenvalue weighted by Gasteiger charge is -2.37. The van der Waals surface area contributed by atoms with Crippen molar-refractivity contribution >= 4 is 12.4 Å². The van der Waals surface area contributed by atoms with Crippen molar-refractivity contribution in [1.82, 2.24) is 10.2 Å². The number of alkyl halides is 3. The van der Waals surface area contributed by atoms with Crippen LogP contribution in [0.4, 0.5) is 18.0 Å². The van der Waals surface area contributed by atoms with E-state index in [1.165, 1.54) is 4.90 Å². The van der Waals surface area contributed by atoms with E-state index in [-0.39, 0.29) is 25.7 Å². The van der Waals surface area contributed by atoms with E-state index in [0.29, 0.717) is 6.42 Å². The van der Waals surface area contributed by atoms with Crippen molar-refractivity contribution in [3.63, 3.8) is 0 Å². The van der Waals surface area contributed by atoms with Crippen molar-refractivity contribution in [2.45, 2.75) is 51.4 Å². The Hall–Kier alpha value is -1.31. The summed E-state index contributed by atoms with van der Waals surface area (Å²) in [7, 11) is 0. The van der Waals surface area contributed by atoms with Gasteiger partial charge in [0.1, 0.15) is 11.9 Å². The lowest BCUT2D eigenvalue weighted by Crippen LogP contribution is -2.53. The van der Waals surface area contributed by atoms with Crippen LogP contribution in [0.5, 0.6) is 0 Å². The Bertz CT molecular complexity index is 394. The fraction of sp³-hybridized carbons (Fsp3) is 0.857. The second-order valence-electron chi connectivity index (χ2n) is 6.53. The van der Waals surface area contributed by atoms with Crippen LogP contribution in [0.15, 0.2) is 0 Å². The summed E-state index contributed by atoms with van der Waals surface area (Å²) in [5.74, 6) is -0.398. The van der Waals surface area contributed by atoms with Crippen molar-refractivity contribution in [1.29, 1.82) is 0 Å². The van der Waals surface area contributed by atoms with Gasteiger partial charge in [0, 0.05) is 31.6 Å². The van der Waals surface area contributed by atoms with Crippen molar-refractivity contribution in [3.05, 3.63) is 0 Å². The molecule has 0 radical (unpaired) electrons. The molecule has 128 valence electrons. The monoisotopic (exact) mass is 324 g/mol. The van der Waals surface area contributed by atoms with E-state index < -0.39 is 30.2 Å². The Kier molecular flexibility index (Phi) is 6.22. The smallest absolute Gasteiger partial charge is 0.410 e. The zero-order chi connectivity index (χ0) is 17.0. The SMILES string of the molecule is CC(C)(C)OC(=O)N1C[C@H](C=O)C[C@H](NCCC(F)(F)F)C1. The van der Waals surface area contributed by atoms with Crippen molar-refractivity contribution in [3.8, 4) is 0 Å². The van der Waals surface area contributed by atoms with E-state index in [4.69, 9.17) is 4.74 Å². The molecule has 0 aromatic carbocycles. The number of carbonyl (C=O) groups is 2. The van der Waals surface area contributed by atoms with Gasteiger partial charge < -0.3 is 19.7 Å². The van der Waals surface area contributed by atoms with Crippen LogP contribution >= 0.6 is 0 Å². The van der Waals surface area contributed by atoms with Gasteiger partial charge in [0.25, 0.3) is 0 Å². The van der Waals surface area contributed by atoms with Crippen molar-refractivity contribution in [2.75, 3.05) is 19.6 Å². The highest BCUT2D eigenvalue weighted by Gasteiger charge is 2.33. The number of halogens is 3. The molecule has 1 aliphatic heterocycles. The van der Waals surface area contributed by atoms with E-state index >= 15 is 0 Å². The van der Waals surface area contributed by atoms with Gasteiger partial charge in [-0.05, 0) is 27.2 Å². The summed E-state index contributed by atoms with van der Waals surface area (Å²) in [5.41, 5.74) is -0.662. The number of carbonyl (C=O) groups excluding carboxylic acids is 2. The van der Waals surface area contributed by atoms with Crippen LogP contribution < -0.4 is 5.32 Å². The Morgan fingerprint density at radius 3 is 2.45 bits per heavy atom.